The van der Waals surface area contributed by atoms with Crippen molar-refractivity contribution in [2.75, 3.05) is 25.1 Å². The zero-order valence-electron chi connectivity index (χ0n) is 10.9. The van der Waals surface area contributed by atoms with Gasteiger partial charge in [-0.05, 0) is 60.3 Å². The molecule has 0 radical (unpaired) electrons. The fraction of sp³-hybridized carbons (Fsp3) is 0.500. The maximum absolute atomic E-state index is 11.3. The van der Waals surface area contributed by atoms with Gasteiger partial charge in [-0.1, -0.05) is 0 Å². The van der Waals surface area contributed by atoms with E-state index in [1.165, 1.54) is 0 Å². The van der Waals surface area contributed by atoms with Gasteiger partial charge in [-0.25, -0.2) is 0 Å². The second-order valence-corrected chi connectivity index (χ2v) is 5.28. The van der Waals surface area contributed by atoms with Crippen molar-refractivity contribution in [3.05, 3.63) is 28.2 Å². The summed E-state index contributed by atoms with van der Waals surface area (Å²) in [5.41, 5.74) is 1.81. The van der Waals surface area contributed by atoms with Crippen LogP contribution in [-0.2, 0) is 0 Å². The summed E-state index contributed by atoms with van der Waals surface area (Å²) in [6.45, 7) is 2.78. The average Bonchev–Trinajstić information content (AvgIpc) is 2.34. The van der Waals surface area contributed by atoms with E-state index in [9.17, 15) is 4.79 Å². The van der Waals surface area contributed by atoms with Crippen LogP contribution in [0.3, 0.4) is 0 Å². The molecule has 0 spiro atoms. The molecule has 0 unspecified atom stereocenters. The molecular formula is C14H20BrNO2. The van der Waals surface area contributed by atoms with Gasteiger partial charge in [0.25, 0.3) is 0 Å². The van der Waals surface area contributed by atoms with Gasteiger partial charge in [0.15, 0.2) is 5.78 Å². The minimum atomic E-state index is 0.0767. The smallest absolute Gasteiger partial charge is 0.159 e. The third kappa shape index (κ3) is 4.42. The summed E-state index contributed by atoms with van der Waals surface area (Å²) >= 11 is 3.50. The largest absolute Gasteiger partial charge is 0.396 e. The lowest BCUT2D eigenvalue weighted by Crippen LogP contribution is -2.19. The minimum absolute atomic E-state index is 0.0767. The van der Waals surface area contributed by atoms with Crippen LogP contribution in [0.15, 0.2) is 22.7 Å². The van der Waals surface area contributed by atoms with E-state index < -0.39 is 0 Å². The minimum Gasteiger partial charge on any atom is -0.396 e. The van der Waals surface area contributed by atoms with Crippen LogP contribution in [-0.4, -0.2) is 31.1 Å². The number of benzene rings is 1. The molecule has 0 aliphatic heterocycles. The first-order valence-electron chi connectivity index (χ1n) is 6.18. The monoisotopic (exact) mass is 313 g/mol. The Morgan fingerprint density at radius 3 is 2.61 bits per heavy atom. The molecule has 100 valence electrons. The number of carbonyl (C=O) groups excluding carboxylic acids is 1. The Morgan fingerprint density at radius 2 is 2.06 bits per heavy atom. The molecule has 0 fully saturated rings. The summed E-state index contributed by atoms with van der Waals surface area (Å²) in [6.07, 6.45) is 2.94. The number of unbranched alkanes of at least 4 members (excludes halogenated alkanes) is 2. The molecule has 0 saturated heterocycles. The lowest BCUT2D eigenvalue weighted by molar-refractivity contribution is 0.101. The first-order chi connectivity index (χ1) is 8.56. The molecule has 1 aromatic rings. The molecule has 0 atom stereocenters. The van der Waals surface area contributed by atoms with Crippen LogP contribution in [0.1, 0.15) is 36.5 Å². The van der Waals surface area contributed by atoms with Crippen LogP contribution in [0.2, 0.25) is 0 Å². The molecule has 0 saturated carbocycles. The van der Waals surface area contributed by atoms with Crippen molar-refractivity contribution in [3.63, 3.8) is 0 Å². The Balaban J connectivity index is 2.62. The van der Waals surface area contributed by atoms with Crippen LogP contribution < -0.4 is 4.90 Å². The summed E-state index contributed by atoms with van der Waals surface area (Å²) in [7, 11) is 2.03. The standard InChI is InChI=1S/C14H20BrNO2/c1-11(18)12-6-7-14(13(15)10-12)16(2)8-4-3-5-9-17/h6-7,10,17H,3-5,8-9H2,1-2H3. The van der Waals surface area contributed by atoms with Crippen LogP contribution >= 0.6 is 15.9 Å². The highest BCUT2D eigenvalue weighted by Gasteiger charge is 2.08. The van der Waals surface area contributed by atoms with E-state index in [1.807, 2.05) is 25.2 Å². The van der Waals surface area contributed by atoms with Gasteiger partial charge in [-0.2, -0.15) is 0 Å². The van der Waals surface area contributed by atoms with Crippen molar-refractivity contribution >= 4 is 27.4 Å². The average molecular weight is 314 g/mol. The summed E-state index contributed by atoms with van der Waals surface area (Å²) in [6, 6.07) is 5.68. The highest BCUT2D eigenvalue weighted by atomic mass is 79.9. The summed E-state index contributed by atoms with van der Waals surface area (Å²) < 4.78 is 0.944. The summed E-state index contributed by atoms with van der Waals surface area (Å²) in [4.78, 5) is 13.4. The second-order valence-electron chi connectivity index (χ2n) is 4.43. The lowest BCUT2D eigenvalue weighted by atomic mass is 10.1. The molecule has 1 N–H and O–H groups in total. The van der Waals surface area contributed by atoms with Gasteiger partial charge in [-0.15, -0.1) is 0 Å². The van der Waals surface area contributed by atoms with Crippen molar-refractivity contribution in [2.24, 2.45) is 0 Å². The Bertz CT molecular complexity index is 407. The zero-order valence-corrected chi connectivity index (χ0v) is 12.5. The molecule has 1 rings (SSSR count). The van der Waals surface area contributed by atoms with E-state index in [0.29, 0.717) is 0 Å². The highest BCUT2D eigenvalue weighted by Crippen LogP contribution is 2.27. The number of hydrogen-bond acceptors (Lipinski definition) is 3. The number of rotatable bonds is 7. The fourth-order valence-electron chi connectivity index (χ4n) is 1.79. The molecular weight excluding hydrogens is 294 g/mol. The SMILES string of the molecule is CC(=O)c1ccc(N(C)CCCCCO)c(Br)c1. The third-order valence-electron chi connectivity index (χ3n) is 2.92. The van der Waals surface area contributed by atoms with Gasteiger partial charge >= 0.3 is 0 Å². The van der Waals surface area contributed by atoms with Gasteiger partial charge in [0, 0.05) is 30.2 Å². The van der Waals surface area contributed by atoms with E-state index in [-0.39, 0.29) is 12.4 Å². The Kier molecular flexibility index (Phi) is 6.36. The Labute approximate surface area is 117 Å². The molecule has 0 heterocycles. The molecule has 18 heavy (non-hydrogen) atoms. The third-order valence-corrected chi connectivity index (χ3v) is 3.55. The quantitative estimate of drug-likeness (QED) is 0.620. The van der Waals surface area contributed by atoms with E-state index in [0.717, 1.165) is 41.5 Å². The maximum atomic E-state index is 11.3. The van der Waals surface area contributed by atoms with Gasteiger partial charge in [0.1, 0.15) is 0 Å². The molecule has 0 aliphatic rings. The molecule has 0 aliphatic carbocycles. The van der Waals surface area contributed by atoms with E-state index >= 15 is 0 Å². The molecule has 4 heteroatoms. The number of nitrogens with zero attached hydrogens (tertiary/aromatic N) is 1. The van der Waals surface area contributed by atoms with E-state index in [2.05, 4.69) is 20.8 Å². The van der Waals surface area contributed by atoms with Crippen molar-refractivity contribution in [1.29, 1.82) is 0 Å². The number of aliphatic hydroxyl groups is 1. The normalized spacial score (nSPS) is 10.4. The number of ketones is 1. The molecule has 0 bridgehead atoms. The summed E-state index contributed by atoms with van der Waals surface area (Å²) in [5.74, 6) is 0.0767. The second kappa shape index (κ2) is 7.54. The number of Topliss-reactive ketones (excluding diaryl/α,β-unsaturated/α-hetero) is 1. The Hall–Kier alpha value is -0.870. The maximum Gasteiger partial charge on any atom is 0.159 e. The van der Waals surface area contributed by atoms with Gasteiger partial charge in [-0.3, -0.25) is 4.79 Å². The predicted octanol–water partition coefficient (Wildman–Crippen LogP) is 3.25. The van der Waals surface area contributed by atoms with Gasteiger partial charge < -0.3 is 10.0 Å². The van der Waals surface area contributed by atoms with Crippen molar-refractivity contribution in [1.82, 2.24) is 0 Å². The molecule has 0 aromatic heterocycles. The predicted molar refractivity (Wildman–Crippen MR) is 78.4 cm³/mol. The van der Waals surface area contributed by atoms with Crippen LogP contribution in [0, 0.1) is 0 Å². The van der Waals surface area contributed by atoms with Gasteiger partial charge in [0.2, 0.25) is 0 Å². The summed E-state index contributed by atoms with van der Waals surface area (Å²) in [5, 5.41) is 8.72. The number of aliphatic hydroxyl groups excluding tert-OH is 1. The zero-order chi connectivity index (χ0) is 13.5. The van der Waals surface area contributed by atoms with Crippen molar-refractivity contribution < 1.29 is 9.90 Å². The van der Waals surface area contributed by atoms with Gasteiger partial charge in [0.05, 0.1) is 5.69 Å². The number of halogens is 1. The molecule has 1 aromatic carbocycles. The molecule has 3 nitrogen and oxygen atoms in total. The molecule has 0 amide bonds. The number of hydrogen-bond donors (Lipinski definition) is 1. The van der Waals surface area contributed by atoms with Crippen molar-refractivity contribution in [3.8, 4) is 0 Å². The first-order valence-corrected chi connectivity index (χ1v) is 6.98. The number of anilines is 1. The van der Waals surface area contributed by atoms with Crippen LogP contribution in [0.5, 0.6) is 0 Å². The van der Waals surface area contributed by atoms with Crippen molar-refractivity contribution in [2.45, 2.75) is 26.2 Å². The Morgan fingerprint density at radius 1 is 1.33 bits per heavy atom. The van der Waals surface area contributed by atoms with Crippen LogP contribution in [0.25, 0.3) is 0 Å². The van der Waals surface area contributed by atoms with E-state index in [4.69, 9.17) is 5.11 Å². The number of carbonyl (C=O) groups is 1. The highest BCUT2D eigenvalue weighted by molar-refractivity contribution is 9.10. The topological polar surface area (TPSA) is 40.5 Å². The lowest BCUT2D eigenvalue weighted by Gasteiger charge is -2.21. The fourth-order valence-corrected chi connectivity index (χ4v) is 2.47. The van der Waals surface area contributed by atoms with Crippen LogP contribution in [0.4, 0.5) is 5.69 Å². The first kappa shape index (κ1) is 15.2. The van der Waals surface area contributed by atoms with E-state index in [1.54, 1.807) is 6.92 Å².